The maximum Gasteiger partial charge on any atom is 0.250 e. The van der Waals surface area contributed by atoms with E-state index in [1.165, 1.54) is 0 Å². The van der Waals surface area contributed by atoms with Crippen LogP contribution in [0.2, 0.25) is 0 Å². The number of benzene rings is 2. The molecule has 120 valence electrons. The molecule has 1 amide bonds. The van der Waals surface area contributed by atoms with Gasteiger partial charge in [0.2, 0.25) is 0 Å². The summed E-state index contributed by atoms with van der Waals surface area (Å²) in [6, 6.07) is 17.4. The Kier molecular flexibility index (Phi) is 6.42. The van der Waals surface area contributed by atoms with Gasteiger partial charge in [0.1, 0.15) is 5.75 Å². The van der Waals surface area contributed by atoms with Gasteiger partial charge in [-0.2, -0.15) is 0 Å². The Labute approximate surface area is 138 Å². The minimum atomic E-state index is 0.000433. The fraction of sp³-hybridized carbons (Fsp3) is 0.250. The van der Waals surface area contributed by atoms with Crippen molar-refractivity contribution < 1.29 is 9.53 Å². The second kappa shape index (κ2) is 8.79. The number of carbonyl (C=O) groups is 1. The van der Waals surface area contributed by atoms with Gasteiger partial charge < -0.3 is 9.64 Å². The number of hydrogen-bond acceptors (Lipinski definition) is 2. The summed E-state index contributed by atoms with van der Waals surface area (Å²) in [6.45, 7) is 2.85. The molecule has 0 radical (unpaired) electrons. The first kappa shape index (κ1) is 16.8. The van der Waals surface area contributed by atoms with Crippen LogP contribution in [0.3, 0.4) is 0 Å². The quantitative estimate of drug-likeness (QED) is 0.703. The topological polar surface area (TPSA) is 29.5 Å². The number of carbonyl (C=O) groups excluding carboxylic acids is 1. The summed E-state index contributed by atoms with van der Waals surface area (Å²) in [7, 11) is 1.64. The molecule has 2 rings (SSSR count). The molecule has 0 fully saturated rings. The second-order valence-corrected chi connectivity index (χ2v) is 5.29. The first-order valence-corrected chi connectivity index (χ1v) is 7.93. The third-order valence-corrected chi connectivity index (χ3v) is 3.60. The van der Waals surface area contributed by atoms with Gasteiger partial charge in [0.05, 0.1) is 7.11 Å². The maximum atomic E-state index is 12.6. The fourth-order valence-electron chi connectivity index (χ4n) is 2.26. The van der Waals surface area contributed by atoms with Gasteiger partial charge in [0.15, 0.2) is 0 Å². The predicted molar refractivity (Wildman–Crippen MR) is 95.7 cm³/mol. The summed E-state index contributed by atoms with van der Waals surface area (Å²) in [4.78, 5) is 14.4. The van der Waals surface area contributed by atoms with Crippen molar-refractivity contribution >= 4 is 17.7 Å². The van der Waals surface area contributed by atoms with E-state index in [1.807, 2.05) is 65.6 Å². The molecule has 0 N–H and O–H groups in total. The normalized spacial score (nSPS) is 10.7. The molecule has 0 atom stereocenters. The summed E-state index contributed by atoms with van der Waals surface area (Å²) in [6.07, 6.45) is 5.50. The Hall–Kier alpha value is -2.55. The number of methoxy groups -OCH3 is 1. The number of ether oxygens (including phenoxy) is 1. The Morgan fingerprint density at radius 3 is 2.39 bits per heavy atom. The third-order valence-electron chi connectivity index (χ3n) is 3.60. The van der Waals surface area contributed by atoms with Gasteiger partial charge in [-0.25, -0.2) is 0 Å². The SMILES string of the molecule is CCCCN(C(=O)/C=C/c1ccc(OC)cc1)c1ccccc1. The molecule has 0 aliphatic carbocycles. The number of anilines is 1. The zero-order valence-electron chi connectivity index (χ0n) is 13.7. The van der Waals surface area contributed by atoms with E-state index in [9.17, 15) is 4.79 Å². The van der Waals surface area contributed by atoms with E-state index in [2.05, 4.69) is 6.92 Å². The number of rotatable bonds is 7. The summed E-state index contributed by atoms with van der Waals surface area (Å²) in [5.41, 5.74) is 1.91. The molecule has 0 saturated carbocycles. The van der Waals surface area contributed by atoms with E-state index >= 15 is 0 Å². The van der Waals surface area contributed by atoms with Crippen LogP contribution in [-0.2, 0) is 4.79 Å². The Morgan fingerprint density at radius 2 is 1.78 bits per heavy atom. The zero-order valence-corrected chi connectivity index (χ0v) is 13.7. The van der Waals surface area contributed by atoms with Crippen LogP contribution >= 0.6 is 0 Å². The predicted octanol–water partition coefficient (Wildman–Crippen LogP) is 4.54. The number of para-hydroxylation sites is 1. The lowest BCUT2D eigenvalue weighted by Gasteiger charge is -2.21. The van der Waals surface area contributed by atoms with Crippen molar-refractivity contribution in [2.45, 2.75) is 19.8 Å². The first-order valence-electron chi connectivity index (χ1n) is 7.93. The molecule has 3 nitrogen and oxygen atoms in total. The van der Waals surface area contributed by atoms with E-state index in [-0.39, 0.29) is 5.91 Å². The number of amides is 1. The maximum absolute atomic E-state index is 12.6. The number of nitrogens with zero attached hydrogens (tertiary/aromatic N) is 1. The van der Waals surface area contributed by atoms with Gasteiger partial charge in [-0.1, -0.05) is 43.7 Å². The standard InChI is InChI=1S/C20H23NO2/c1-3-4-16-21(18-8-6-5-7-9-18)20(22)15-12-17-10-13-19(23-2)14-11-17/h5-15H,3-4,16H2,1-2H3/b15-12+. The highest BCUT2D eigenvalue weighted by atomic mass is 16.5. The Bertz CT molecular complexity index is 632. The highest BCUT2D eigenvalue weighted by Gasteiger charge is 2.11. The zero-order chi connectivity index (χ0) is 16.5. The molecule has 0 spiro atoms. The molecule has 0 bridgehead atoms. The highest BCUT2D eigenvalue weighted by molar-refractivity contribution is 6.03. The smallest absolute Gasteiger partial charge is 0.250 e. The molecule has 0 heterocycles. The largest absolute Gasteiger partial charge is 0.497 e. The van der Waals surface area contributed by atoms with Gasteiger partial charge in [-0.3, -0.25) is 4.79 Å². The van der Waals surface area contributed by atoms with Crippen molar-refractivity contribution in [3.8, 4) is 5.75 Å². The molecule has 0 aliphatic rings. The lowest BCUT2D eigenvalue weighted by molar-refractivity contribution is -0.114. The first-order chi connectivity index (χ1) is 11.2. The minimum absolute atomic E-state index is 0.000433. The lowest BCUT2D eigenvalue weighted by atomic mass is 10.2. The summed E-state index contributed by atoms with van der Waals surface area (Å²) >= 11 is 0. The van der Waals surface area contributed by atoms with E-state index in [1.54, 1.807) is 13.2 Å². The molecule has 2 aromatic rings. The monoisotopic (exact) mass is 309 g/mol. The third kappa shape index (κ3) is 4.99. The summed E-state index contributed by atoms with van der Waals surface area (Å²) in [5, 5.41) is 0. The van der Waals surface area contributed by atoms with Crippen molar-refractivity contribution in [2.75, 3.05) is 18.6 Å². The fourth-order valence-corrected chi connectivity index (χ4v) is 2.26. The summed E-state index contributed by atoms with van der Waals surface area (Å²) < 4.78 is 5.14. The molecular formula is C20H23NO2. The van der Waals surface area contributed by atoms with Crippen LogP contribution in [-0.4, -0.2) is 19.6 Å². The van der Waals surface area contributed by atoms with Crippen molar-refractivity contribution in [3.63, 3.8) is 0 Å². The molecule has 0 aliphatic heterocycles. The van der Waals surface area contributed by atoms with Gasteiger partial charge in [-0.15, -0.1) is 0 Å². The summed E-state index contributed by atoms with van der Waals surface area (Å²) in [5.74, 6) is 0.808. The lowest BCUT2D eigenvalue weighted by Crippen LogP contribution is -2.30. The molecule has 23 heavy (non-hydrogen) atoms. The van der Waals surface area contributed by atoms with Gasteiger partial charge in [-0.05, 0) is 42.3 Å². The minimum Gasteiger partial charge on any atom is -0.497 e. The van der Waals surface area contributed by atoms with Crippen LogP contribution < -0.4 is 9.64 Å². The van der Waals surface area contributed by atoms with Crippen LogP contribution in [0, 0.1) is 0 Å². The van der Waals surface area contributed by atoms with Crippen LogP contribution in [0.15, 0.2) is 60.7 Å². The van der Waals surface area contributed by atoms with Crippen LogP contribution in [0.4, 0.5) is 5.69 Å². The average molecular weight is 309 g/mol. The molecule has 3 heteroatoms. The van der Waals surface area contributed by atoms with E-state index in [0.29, 0.717) is 0 Å². The Balaban J connectivity index is 2.11. The second-order valence-electron chi connectivity index (χ2n) is 5.29. The van der Waals surface area contributed by atoms with E-state index in [0.717, 1.165) is 36.4 Å². The number of hydrogen-bond donors (Lipinski definition) is 0. The molecule has 0 saturated heterocycles. The van der Waals surface area contributed by atoms with E-state index < -0.39 is 0 Å². The average Bonchev–Trinajstić information content (AvgIpc) is 2.61. The van der Waals surface area contributed by atoms with Gasteiger partial charge >= 0.3 is 0 Å². The molecule has 0 aromatic heterocycles. The van der Waals surface area contributed by atoms with Crippen LogP contribution in [0.5, 0.6) is 5.75 Å². The van der Waals surface area contributed by atoms with Crippen molar-refractivity contribution in [2.24, 2.45) is 0 Å². The van der Waals surface area contributed by atoms with E-state index in [4.69, 9.17) is 4.74 Å². The Morgan fingerprint density at radius 1 is 1.09 bits per heavy atom. The van der Waals surface area contributed by atoms with Crippen LogP contribution in [0.25, 0.3) is 6.08 Å². The molecule has 0 unspecified atom stereocenters. The van der Waals surface area contributed by atoms with Crippen molar-refractivity contribution in [1.29, 1.82) is 0 Å². The van der Waals surface area contributed by atoms with Gasteiger partial charge in [0, 0.05) is 18.3 Å². The van der Waals surface area contributed by atoms with Crippen molar-refractivity contribution in [3.05, 3.63) is 66.2 Å². The van der Waals surface area contributed by atoms with Crippen molar-refractivity contribution in [1.82, 2.24) is 0 Å². The highest BCUT2D eigenvalue weighted by Crippen LogP contribution is 2.16. The number of unbranched alkanes of at least 4 members (excludes halogenated alkanes) is 1. The molecular weight excluding hydrogens is 286 g/mol. The van der Waals surface area contributed by atoms with Crippen LogP contribution in [0.1, 0.15) is 25.3 Å². The van der Waals surface area contributed by atoms with Gasteiger partial charge in [0.25, 0.3) is 5.91 Å². The molecule has 2 aromatic carbocycles.